The average molecular weight is 259 g/mol. The second-order valence-corrected chi connectivity index (χ2v) is 4.96. The molecule has 2 rings (SSSR count). The Kier molecular flexibility index (Phi) is 3.86. The van der Waals surface area contributed by atoms with Crippen molar-refractivity contribution in [1.82, 2.24) is 0 Å². The van der Waals surface area contributed by atoms with E-state index in [1.807, 2.05) is 30.3 Å². The van der Waals surface area contributed by atoms with Crippen LogP contribution in [0.4, 0.5) is 10.1 Å². The number of rotatable bonds is 4. The maximum atomic E-state index is 13.4. The van der Waals surface area contributed by atoms with Gasteiger partial charge in [-0.15, -0.1) is 0 Å². The van der Waals surface area contributed by atoms with Gasteiger partial charge in [0, 0.05) is 12.2 Å². The lowest BCUT2D eigenvalue weighted by Gasteiger charge is -2.25. The quantitative estimate of drug-likeness (QED) is 0.881. The lowest BCUT2D eigenvalue weighted by atomic mass is 9.96. The van der Waals surface area contributed by atoms with E-state index in [0.717, 1.165) is 5.56 Å². The summed E-state index contributed by atoms with van der Waals surface area (Å²) >= 11 is 0. The number of nitrogens with one attached hydrogen (secondary N) is 1. The Hall–Kier alpha value is -1.87. The van der Waals surface area contributed by atoms with Gasteiger partial charge in [0.2, 0.25) is 0 Å². The first-order valence-electron chi connectivity index (χ1n) is 6.27. The van der Waals surface area contributed by atoms with Crippen LogP contribution in [-0.4, -0.2) is 11.7 Å². The van der Waals surface area contributed by atoms with Crippen LogP contribution in [0.5, 0.6) is 0 Å². The van der Waals surface area contributed by atoms with E-state index in [1.165, 1.54) is 6.07 Å². The third-order valence-electron chi connectivity index (χ3n) is 3.20. The summed E-state index contributed by atoms with van der Waals surface area (Å²) in [6.07, 6.45) is 0. The number of anilines is 1. The lowest BCUT2D eigenvalue weighted by molar-refractivity contribution is 0.0715. The summed E-state index contributed by atoms with van der Waals surface area (Å²) in [6.45, 7) is 3.78. The molecule has 0 aromatic heterocycles. The zero-order chi connectivity index (χ0) is 13.9. The summed E-state index contributed by atoms with van der Waals surface area (Å²) in [5.74, 6) is -0.246. The van der Waals surface area contributed by atoms with Gasteiger partial charge in [0.15, 0.2) is 0 Å². The van der Waals surface area contributed by atoms with Crippen molar-refractivity contribution in [2.45, 2.75) is 19.4 Å². The number of halogens is 1. The van der Waals surface area contributed by atoms with Gasteiger partial charge in [-0.25, -0.2) is 4.39 Å². The van der Waals surface area contributed by atoms with E-state index < -0.39 is 5.60 Å². The van der Waals surface area contributed by atoms with Crippen molar-refractivity contribution >= 4 is 5.69 Å². The fourth-order valence-electron chi connectivity index (χ4n) is 1.88. The smallest absolute Gasteiger partial charge is 0.128 e. The molecule has 0 fully saturated rings. The molecule has 0 radical (unpaired) electrons. The van der Waals surface area contributed by atoms with Crippen molar-refractivity contribution in [3.05, 3.63) is 65.5 Å². The highest BCUT2D eigenvalue weighted by molar-refractivity contribution is 5.45. The van der Waals surface area contributed by atoms with E-state index in [-0.39, 0.29) is 5.82 Å². The van der Waals surface area contributed by atoms with Crippen LogP contribution in [0, 0.1) is 12.7 Å². The fraction of sp³-hybridized carbons (Fsp3) is 0.250. The third-order valence-corrected chi connectivity index (χ3v) is 3.20. The molecule has 2 N–H and O–H groups in total. The summed E-state index contributed by atoms with van der Waals surface area (Å²) in [4.78, 5) is 0. The van der Waals surface area contributed by atoms with Gasteiger partial charge in [0.25, 0.3) is 0 Å². The SMILES string of the molecule is Cc1ccc(NCC(C)(O)c2ccccc2)cc1F. The van der Waals surface area contributed by atoms with E-state index in [2.05, 4.69) is 5.32 Å². The number of aryl methyl sites for hydroxylation is 1. The van der Waals surface area contributed by atoms with Gasteiger partial charge < -0.3 is 10.4 Å². The van der Waals surface area contributed by atoms with Crippen molar-refractivity contribution in [3.8, 4) is 0 Å². The predicted octanol–water partition coefficient (Wildman–Crippen LogP) is 3.45. The molecule has 2 aromatic rings. The van der Waals surface area contributed by atoms with Gasteiger partial charge in [-0.3, -0.25) is 0 Å². The fourth-order valence-corrected chi connectivity index (χ4v) is 1.88. The summed E-state index contributed by atoms with van der Waals surface area (Å²) < 4.78 is 13.4. The highest BCUT2D eigenvalue weighted by atomic mass is 19.1. The molecule has 0 amide bonds. The third kappa shape index (κ3) is 3.32. The average Bonchev–Trinajstić information content (AvgIpc) is 2.41. The number of hydrogen-bond donors (Lipinski definition) is 2. The molecular weight excluding hydrogens is 241 g/mol. The molecule has 100 valence electrons. The molecule has 0 spiro atoms. The summed E-state index contributed by atoms with van der Waals surface area (Å²) in [5.41, 5.74) is 1.11. The van der Waals surface area contributed by atoms with E-state index >= 15 is 0 Å². The first-order valence-corrected chi connectivity index (χ1v) is 6.27. The van der Waals surface area contributed by atoms with Crippen LogP contribution in [-0.2, 0) is 5.60 Å². The molecule has 0 aliphatic carbocycles. The van der Waals surface area contributed by atoms with Crippen molar-refractivity contribution in [1.29, 1.82) is 0 Å². The maximum Gasteiger partial charge on any atom is 0.128 e. The first-order chi connectivity index (χ1) is 8.99. The Balaban J connectivity index is 2.07. The van der Waals surface area contributed by atoms with Crippen molar-refractivity contribution in [2.75, 3.05) is 11.9 Å². The zero-order valence-corrected chi connectivity index (χ0v) is 11.2. The molecule has 0 aliphatic heterocycles. The number of benzene rings is 2. The van der Waals surface area contributed by atoms with Gasteiger partial charge >= 0.3 is 0 Å². The molecule has 0 saturated carbocycles. The van der Waals surface area contributed by atoms with E-state index in [4.69, 9.17) is 0 Å². The van der Waals surface area contributed by atoms with Crippen molar-refractivity contribution < 1.29 is 9.50 Å². The Bertz CT molecular complexity index is 552. The molecule has 19 heavy (non-hydrogen) atoms. The normalized spacial score (nSPS) is 13.9. The van der Waals surface area contributed by atoms with Crippen LogP contribution >= 0.6 is 0 Å². The van der Waals surface area contributed by atoms with Crippen LogP contribution in [0.15, 0.2) is 48.5 Å². The Labute approximate surface area is 112 Å². The second kappa shape index (κ2) is 5.41. The molecular formula is C16H18FNO. The van der Waals surface area contributed by atoms with Gasteiger partial charge in [0.1, 0.15) is 11.4 Å². The molecule has 0 heterocycles. The van der Waals surface area contributed by atoms with E-state index in [1.54, 1.807) is 26.0 Å². The van der Waals surface area contributed by atoms with Gasteiger partial charge in [-0.1, -0.05) is 36.4 Å². The Morgan fingerprint density at radius 2 is 1.84 bits per heavy atom. The van der Waals surface area contributed by atoms with Crippen LogP contribution in [0.25, 0.3) is 0 Å². The van der Waals surface area contributed by atoms with Gasteiger partial charge in [-0.05, 0) is 37.1 Å². The maximum absolute atomic E-state index is 13.4. The molecule has 0 bridgehead atoms. The van der Waals surface area contributed by atoms with Crippen LogP contribution < -0.4 is 5.32 Å². The van der Waals surface area contributed by atoms with Crippen LogP contribution in [0.1, 0.15) is 18.1 Å². The summed E-state index contributed by atoms with van der Waals surface area (Å²) in [5, 5.41) is 13.5. The lowest BCUT2D eigenvalue weighted by Crippen LogP contribution is -2.30. The zero-order valence-electron chi connectivity index (χ0n) is 11.2. The van der Waals surface area contributed by atoms with Crippen LogP contribution in [0.3, 0.4) is 0 Å². The predicted molar refractivity (Wildman–Crippen MR) is 75.6 cm³/mol. The van der Waals surface area contributed by atoms with Gasteiger partial charge in [0.05, 0.1) is 0 Å². The minimum Gasteiger partial charge on any atom is -0.384 e. The molecule has 1 unspecified atom stereocenters. The monoisotopic (exact) mass is 259 g/mol. The van der Waals surface area contributed by atoms with Crippen molar-refractivity contribution in [3.63, 3.8) is 0 Å². The molecule has 2 aromatic carbocycles. The Morgan fingerprint density at radius 3 is 2.47 bits per heavy atom. The van der Waals surface area contributed by atoms with E-state index in [0.29, 0.717) is 17.8 Å². The molecule has 1 atom stereocenters. The minimum atomic E-state index is -0.997. The summed E-state index contributed by atoms with van der Waals surface area (Å²) in [6, 6.07) is 14.4. The van der Waals surface area contributed by atoms with E-state index in [9.17, 15) is 9.50 Å². The molecule has 3 heteroatoms. The van der Waals surface area contributed by atoms with Crippen LogP contribution in [0.2, 0.25) is 0 Å². The number of aliphatic hydroxyl groups is 1. The topological polar surface area (TPSA) is 32.3 Å². The highest BCUT2D eigenvalue weighted by Gasteiger charge is 2.22. The molecule has 0 saturated heterocycles. The standard InChI is InChI=1S/C16H18FNO/c1-12-8-9-14(10-15(12)17)18-11-16(2,19)13-6-4-3-5-7-13/h3-10,18-19H,11H2,1-2H3. The first kappa shape index (κ1) is 13.6. The largest absolute Gasteiger partial charge is 0.384 e. The Morgan fingerprint density at radius 1 is 1.16 bits per heavy atom. The van der Waals surface area contributed by atoms with Crippen molar-refractivity contribution in [2.24, 2.45) is 0 Å². The number of hydrogen-bond acceptors (Lipinski definition) is 2. The molecule has 0 aliphatic rings. The van der Waals surface area contributed by atoms with Gasteiger partial charge in [-0.2, -0.15) is 0 Å². The summed E-state index contributed by atoms with van der Waals surface area (Å²) in [7, 11) is 0. The highest BCUT2D eigenvalue weighted by Crippen LogP contribution is 2.21. The second-order valence-electron chi connectivity index (χ2n) is 4.96. The molecule has 2 nitrogen and oxygen atoms in total. The minimum absolute atomic E-state index is 0.246.